The van der Waals surface area contributed by atoms with Crippen LogP contribution in [0.5, 0.6) is 11.5 Å². The maximum absolute atomic E-state index is 6.03. The Balaban J connectivity index is 2.53. The Morgan fingerprint density at radius 1 is 1.20 bits per heavy atom. The fraction of sp³-hybridized carbons (Fsp3) is 0.286. The lowest BCUT2D eigenvalue weighted by Gasteiger charge is -2.20. The van der Waals surface area contributed by atoms with E-state index in [1.165, 1.54) is 0 Å². The Morgan fingerprint density at radius 3 is 2.40 bits per heavy atom. The minimum atomic E-state index is 0.00412. The lowest BCUT2D eigenvalue weighted by Crippen LogP contribution is -2.17. The third-order valence-corrected chi connectivity index (χ3v) is 4.90. The maximum atomic E-state index is 6.03. The molecule has 1 heterocycles. The highest BCUT2D eigenvalue weighted by atomic mass is 79.9. The van der Waals surface area contributed by atoms with Crippen LogP contribution in [0.4, 0.5) is 0 Å². The van der Waals surface area contributed by atoms with E-state index in [-0.39, 0.29) is 6.04 Å². The van der Waals surface area contributed by atoms with Gasteiger partial charge in [0, 0.05) is 10.4 Å². The molecule has 20 heavy (non-hydrogen) atoms. The fourth-order valence-electron chi connectivity index (χ4n) is 2.04. The summed E-state index contributed by atoms with van der Waals surface area (Å²) in [5, 5.41) is 3.29. The molecule has 2 aromatic rings. The van der Waals surface area contributed by atoms with Crippen LogP contribution in [-0.2, 0) is 0 Å². The molecule has 1 unspecified atom stereocenters. The first-order valence-corrected chi connectivity index (χ1v) is 7.93. The fourth-order valence-corrected chi connectivity index (χ4v) is 3.72. The number of halogens is 2. The number of rotatable bonds is 5. The molecule has 6 heteroatoms. The smallest absolute Gasteiger partial charge is 0.133 e. The topological polar surface area (TPSA) is 30.5 Å². The maximum Gasteiger partial charge on any atom is 0.133 e. The zero-order valence-electron chi connectivity index (χ0n) is 11.4. The minimum Gasteiger partial charge on any atom is -0.496 e. The number of methoxy groups -OCH3 is 2. The van der Waals surface area contributed by atoms with Gasteiger partial charge in [0.25, 0.3) is 0 Å². The van der Waals surface area contributed by atoms with Crippen molar-refractivity contribution in [1.82, 2.24) is 5.32 Å². The first-order chi connectivity index (χ1) is 9.60. The summed E-state index contributed by atoms with van der Waals surface area (Å²) in [6, 6.07) is 7.80. The molecule has 108 valence electrons. The molecule has 1 aromatic carbocycles. The number of nitrogens with one attached hydrogen (secondary N) is 1. The average Bonchev–Trinajstić information content (AvgIpc) is 2.87. The van der Waals surface area contributed by atoms with Gasteiger partial charge in [-0.05, 0) is 47.2 Å². The Kier molecular flexibility index (Phi) is 5.32. The molecule has 0 bridgehead atoms. The van der Waals surface area contributed by atoms with Crippen LogP contribution in [0, 0.1) is 0 Å². The molecule has 0 radical (unpaired) electrons. The van der Waals surface area contributed by atoms with E-state index in [9.17, 15) is 0 Å². The van der Waals surface area contributed by atoms with Gasteiger partial charge in [-0.15, -0.1) is 11.3 Å². The molecular formula is C14H15BrClNO2S. The molecule has 2 rings (SSSR count). The van der Waals surface area contributed by atoms with Crippen LogP contribution < -0.4 is 14.8 Å². The number of hydrogen-bond acceptors (Lipinski definition) is 4. The van der Waals surface area contributed by atoms with Crippen molar-refractivity contribution < 1.29 is 9.47 Å². The summed E-state index contributed by atoms with van der Waals surface area (Å²) in [6.07, 6.45) is 0. The van der Waals surface area contributed by atoms with Gasteiger partial charge in [0.2, 0.25) is 0 Å². The molecule has 0 fully saturated rings. The summed E-state index contributed by atoms with van der Waals surface area (Å²) in [5.41, 5.74) is 1.01. The van der Waals surface area contributed by atoms with E-state index in [4.69, 9.17) is 21.1 Å². The van der Waals surface area contributed by atoms with Crippen molar-refractivity contribution in [2.45, 2.75) is 6.04 Å². The van der Waals surface area contributed by atoms with Crippen LogP contribution in [0.2, 0.25) is 4.34 Å². The van der Waals surface area contributed by atoms with Crippen LogP contribution in [0.1, 0.15) is 16.5 Å². The summed E-state index contributed by atoms with van der Waals surface area (Å²) < 4.78 is 12.5. The SMILES string of the molecule is CNC(c1ccc(Cl)s1)c1cc(OC)c(Br)cc1OC. The Hall–Kier alpha value is -0.750. The molecule has 0 aliphatic carbocycles. The van der Waals surface area contributed by atoms with Gasteiger partial charge < -0.3 is 14.8 Å². The first kappa shape index (κ1) is 15.6. The molecule has 1 atom stereocenters. The van der Waals surface area contributed by atoms with Gasteiger partial charge in [-0.2, -0.15) is 0 Å². The lowest BCUT2D eigenvalue weighted by molar-refractivity contribution is 0.393. The molecular weight excluding hydrogens is 362 g/mol. The minimum absolute atomic E-state index is 0.00412. The molecule has 1 aromatic heterocycles. The monoisotopic (exact) mass is 375 g/mol. The normalized spacial score (nSPS) is 12.2. The zero-order chi connectivity index (χ0) is 14.7. The van der Waals surface area contributed by atoms with Crippen LogP contribution in [0.25, 0.3) is 0 Å². The predicted octanol–water partition coefficient (Wildman–Crippen LogP) is 4.49. The van der Waals surface area contributed by atoms with Crippen LogP contribution in [-0.4, -0.2) is 21.3 Å². The predicted molar refractivity (Wildman–Crippen MR) is 87.5 cm³/mol. The van der Waals surface area contributed by atoms with Crippen molar-refractivity contribution in [2.75, 3.05) is 21.3 Å². The van der Waals surface area contributed by atoms with Crippen molar-refractivity contribution in [1.29, 1.82) is 0 Å². The standard InChI is InChI=1S/C14H15BrClNO2S/c1-17-14(12-4-5-13(16)20-12)8-6-11(19-3)9(15)7-10(8)18-2/h4-7,14,17H,1-3H3. The molecule has 0 aliphatic rings. The van der Waals surface area contributed by atoms with Crippen LogP contribution in [0.3, 0.4) is 0 Å². The highest BCUT2D eigenvalue weighted by Crippen LogP contribution is 2.40. The molecule has 1 N–H and O–H groups in total. The van der Waals surface area contributed by atoms with E-state index < -0.39 is 0 Å². The molecule has 0 saturated heterocycles. The molecule has 0 aliphatic heterocycles. The third kappa shape index (κ3) is 3.11. The highest BCUT2D eigenvalue weighted by molar-refractivity contribution is 9.10. The van der Waals surface area contributed by atoms with Crippen molar-refractivity contribution >= 4 is 38.9 Å². The van der Waals surface area contributed by atoms with Crippen LogP contribution in [0.15, 0.2) is 28.7 Å². The van der Waals surface area contributed by atoms with Crippen LogP contribution >= 0.6 is 38.9 Å². The van der Waals surface area contributed by atoms with Crippen molar-refractivity contribution in [3.8, 4) is 11.5 Å². The Morgan fingerprint density at radius 2 is 1.90 bits per heavy atom. The second-order valence-corrected chi connectivity index (χ2v) is 6.69. The van der Waals surface area contributed by atoms with Gasteiger partial charge in [0.05, 0.1) is 29.1 Å². The Bertz CT molecular complexity index is 603. The summed E-state index contributed by atoms with van der Waals surface area (Å²) in [4.78, 5) is 1.13. The van der Waals surface area contributed by atoms with Crippen molar-refractivity contribution in [3.63, 3.8) is 0 Å². The van der Waals surface area contributed by atoms with Crippen molar-refractivity contribution in [2.24, 2.45) is 0 Å². The second kappa shape index (κ2) is 6.80. The zero-order valence-corrected chi connectivity index (χ0v) is 14.5. The third-order valence-electron chi connectivity index (χ3n) is 2.98. The van der Waals surface area contributed by atoms with Gasteiger partial charge >= 0.3 is 0 Å². The van der Waals surface area contributed by atoms with Gasteiger partial charge in [-0.1, -0.05) is 11.6 Å². The van der Waals surface area contributed by atoms with E-state index in [0.717, 1.165) is 30.7 Å². The Labute approximate surface area is 136 Å². The van der Waals surface area contributed by atoms with Crippen molar-refractivity contribution in [3.05, 3.63) is 43.5 Å². The summed E-state index contributed by atoms with van der Waals surface area (Å²) >= 11 is 11.1. The number of hydrogen-bond donors (Lipinski definition) is 1. The quantitative estimate of drug-likeness (QED) is 0.834. The van der Waals surface area contributed by atoms with Gasteiger partial charge in [0.1, 0.15) is 11.5 Å². The largest absolute Gasteiger partial charge is 0.496 e. The van der Waals surface area contributed by atoms with E-state index in [1.807, 2.05) is 31.3 Å². The molecule has 0 amide bonds. The summed E-state index contributed by atoms with van der Waals surface area (Å²) in [6.45, 7) is 0. The van der Waals surface area contributed by atoms with Gasteiger partial charge in [0.15, 0.2) is 0 Å². The number of ether oxygens (including phenoxy) is 2. The molecule has 3 nitrogen and oxygen atoms in total. The highest BCUT2D eigenvalue weighted by Gasteiger charge is 2.20. The van der Waals surface area contributed by atoms with Gasteiger partial charge in [-0.3, -0.25) is 0 Å². The summed E-state index contributed by atoms with van der Waals surface area (Å²) in [5.74, 6) is 1.56. The molecule has 0 saturated carbocycles. The van der Waals surface area contributed by atoms with Gasteiger partial charge in [-0.25, -0.2) is 0 Å². The van der Waals surface area contributed by atoms with E-state index in [2.05, 4.69) is 21.2 Å². The average molecular weight is 377 g/mol. The van der Waals surface area contributed by atoms with E-state index in [0.29, 0.717) is 0 Å². The number of benzene rings is 1. The lowest BCUT2D eigenvalue weighted by atomic mass is 10.0. The first-order valence-electron chi connectivity index (χ1n) is 5.94. The second-order valence-electron chi connectivity index (χ2n) is 4.09. The molecule has 0 spiro atoms. The summed E-state index contributed by atoms with van der Waals surface area (Å²) in [7, 11) is 5.21. The number of thiophene rings is 1. The van der Waals surface area contributed by atoms with E-state index >= 15 is 0 Å². The van der Waals surface area contributed by atoms with E-state index in [1.54, 1.807) is 25.6 Å².